The van der Waals surface area contributed by atoms with Crippen molar-refractivity contribution in [3.63, 3.8) is 0 Å². The number of amides is 2. The zero-order chi connectivity index (χ0) is 19.1. The van der Waals surface area contributed by atoms with Crippen molar-refractivity contribution in [2.75, 3.05) is 13.1 Å². The Morgan fingerprint density at radius 3 is 2.70 bits per heavy atom. The van der Waals surface area contributed by atoms with E-state index < -0.39 is 0 Å². The van der Waals surface area contributed by atoms with Gasteiger partial charge < -0.3 is 4.90 Å². The van der Waals surface area contributed by atoms with E-state index >= 15 is 0 Å². The van der Waals surface area contributed by atoms with E-state index in [0.717, 1.165) is 22.6 Å². The lowest BCUT2D eigenvalue weighted by molar-refractivity contribution is -0.136. The van der Waals surface area contributed by atoms with Crippen molar-refractivity contribution in [2.45, 2.75) is 25.8 Å². The SMILES string of the molecule is C=CCN(Cc1cccs1)C(=O)CCC(=O)N1CCC(c2ccccc2)=N1. The van der Waals surface area contributed by atoms with Crippen LogP contribution in [0.5, 0.6) is 0 Å². The maximum atomic E-state index is 12.5. The van der Waals surface area contributed by atoms with Crippen LogP contribution in [0.15, 0.2) is 65.6 Å². The fourth-order valence-electron chi connectivity index (χ4n) is 2.97. The van der Waals surface area contributed by atoms with Crippen LogP contribution in [0.4, 0.5) is 0 Å². The smallest absolute Gasteiger partial charge is 0.243 e. The Morgan fingerprint density at radius 2 is 2.00 bits per heavy atom. The lowest BCUT2D eigenvalue weighted by Crippen LogP contribution is -2.32. The number of benzene rings is 1. The van der Waals surface area contributed by atoms with Crippen molar-refractivity contribution in [1.29, 1.82) is 0 Å². The third kappa shape index (κ3) is 5.14. The van der Waals surface area contributed by atoms with E-state index in [1.54, 1.807) is 22.3 Å². The third-order valence-electron chi connectivity index (χ3n) is 4.38. The van der Waals surface area contributed by atoms with Crippen molar-refractivity contribution >= 4 is 28.9 Å². The number of carbonyl (C=O) groups is 2. The molecule has 1 aromatic carbocycles. The van der Waals surface area contributed by atoms with Crippen molar-refractivity contribution < 1.29 is 9.59 Å². The van der Waals surface area contributed by atoms with E-state index in [9.17, 15) is 9.59 Å². The molecule has 0 fully saturated rings. The number of nitrogens with zero attached hydrogens (tertiary/aromatic N) is 3. The third-order valence-corrected chi connectivity index (χ3v) is 5.24. The largest absolute Gasteiger partial charge is 0.334 e. The molecule has 2 heterocycles. The van der Waals surface area contributed by atoms with E-state index in [1.807, 2.05) is 47.8 Å². The summed E-state index contributed by atoms with van der Waals surface area (Å²) in [5.74, 6) is -0.146. The molecule has 1 aliphatic rings. The molecule has 0 unspecified atom stereocenters. The Morgan fingerprint density at radius 1 is 1.19 bits per heavy atom. The van der Waals surface area contributed by atoms with Gasteiger partial charge in [-0.3, -0.25) is 9.59 Å². The van der Waals surface area contributed by atoms with Gasteiger partial charge in [0.1, 0.15) is 0 Å². The van der Waals surface area contributed by atoms with Gasteiger partial charge in [-0.1, -0.05) is 42.5 Å². The van der Waals surface area contributed by atoms with E-state index in [1.165, 1.54) is 5.01 Å². The predicted octanol–water partition coefficient (Wildman–Crippen LogP) is 3.68. The predicted molar refractivity (Wildman–Crippen MR) is 108 cm³/mol. The van der Waals surface area contributed by atoms with Crippen molar-refractivity contribution in [3.8, 4) is 0 Å². The fourth-order valence-corrected chi connectivity index (χ4v) is 3.69. The number of thiophene rings is 1. The summed E-state index contributed by atoms with van der Waals surface area (Å²) in [4.78, 5) is 27.8. The molecule has 27 heavy (non-hydrogen) atoms. The minimum atomic E-state index is -0.107. The van der Waals surface area contributed by atoms with Gasteiger partial charge >= 0.3 is 0 Å². The first kappa shape index (κ1) is 19.0. The van der Waals surface area contributed by atoms with Gasteiger partial charge in [0.05, 0.1) is 18.8 Å². The summed E-state index contributed by atoms with van der Waals surface area (Å²) in [5, 5.41) is 7.92. The molecular formula is C21H23N3O2S. The molecule has 0 saturated carbocycles. The second kappa shape index (κ2) is 9.28. The van der Waals surface area contributed by atoms with E-state index in [-0.39, 0.29) is 24.7 Å². The molecule has 5 nitrogen and oxygen atoms in total. The van der Waals surface area contributed by atoms with E-state index in [4.69, 9.17) is 0 Å². The van der Waals surface area contributed by atoms with Crippen LogP contribution in [0.2, 0.25) is 0 Å². The number of hydrogen-bond donors (Lipinski definition) is 0. The van der Waals surface area contributed by atoms with Gasteiger partial charge in [0.2, 0.25) is 11.8 Å². The molecule has 0 atom stereocenters. The Labute approximate surface area is 163 Å². The van der Waals surface area contributed by atoms with Gasteiger partial charge in [0, 0.05) is 30.7 Å². The Hall–Kier alpha value is -2.73. The summed E-state index contributed by atoms with van der Waals surface area (Å²) in [6.07, 6.45) is 2.81. The standard InChI is InChI=1S/C21H23N3O2S/c1-2-13-23(16-18-9-6-15-27-18)20(25)10-11-21(26)24-14-12-19(22-24)17-7-4-3-5-8-17/h2-9,15H,1,10-14,16H2. The number of carbonyl (C=O) groups excluding carboxylic acids is 2. The first-order valence-corrected chi connectivity index (χ1v) is 9.89. The lowest BCUT2D eigenvalue weighted by Gasteiger charge is -2.20. The van der Waals surface area contributed by atoms with Gasteiger partial charge in [-0.15, -0.1) is 17.9 Å². The molecule has 2 amide bonds. The number of hydrazone groups is 1. The molecular weight excluding hydrogens is 358 g/mol. The zero-order valence-electron chi connectivity index (χ0n) is 15.2. The fraction of sp³-hybridized carbons (Fsp3) is 0.286. The van der Waals surface area contributed by atoms with Crippen LogP contribution in [0.3, 0.4) is 0 Å². The van der Waals surface area contributed by atoms with Gasteiger partial charge in [-0.2, -0.15) is 5.10 Å². The quantitative estimate of drug-likeness (QED) is 0.655. The van der Waals surface area contributed by atoms with Gasteiger partial charge in [0.25, 0.3) is 0 Å². The molecule has 0 spiro atoms. The molecule has 0 radical (unpaired) electrons. The molecule has 2 aromatic rings. The van der Waals surface area contributed by atoms with Crippen LogP contribution in [0, 0.1) is 0 Å². The van der Waals surface area contributed by atoms with Crippen molar-refractivity contribution in [1.82, 2.24) is 9.91 Å². The molecule has 1 aromatic heterocycles. The maximum absolute atomic E-state index is 12.5. The highest BCUT2D eigenvalue weighted by molar-refractivity contribution is 7.09. The normalized spacial score (nSPS) is 13.3. The van der Waals surface area contributed by atoms with Crippen molar-refractivity contribution in [2.24, 2.45) is 5.10 Å². The Balaban J connectivity index is 1.54. The Bertz CT molecular complexity index is 815. The maximum Gasteiger partial charge on any atom is 0.243 e. The molecule has 1 aliphatic heterocycles. The number of hydrogen-bond acceptors (Lipinski definition) is 4. The molecule has 6 heteroatoms. The highest BCUT2D eigenvalue weighted by Crippen LogP contribution is 2.16. The van der Waals surface area contributed by atoms with Crippen LogP contribution in [0.1, 0.15) is 29.7 Å². The van der Waals surface area contributed by atoms with Crippen molar-refractivity contribution in [3.05, 3.63) is 70.9 Å². The molecule has 3 rings (SSSR count). The second-order valence-electron chi connectivity index (χ2n) is 6.32. The summed E-state index contributed by atoms with van der Waals surface area (Å²) < 4.78 is 0. The Kier molecular flexibility index (Phi) is 6.54. The van der Waals surface area contributed by atoms with E-state index in [2.05, 4.69) is 11.7 Å². The summed E-state index contributed by atoms with van der Waals surface area (Å²) in [7, 11) is 0. The molecule has 0 N–H and O–H groups in total. The average molecular weight is 382 g/mol. The van der Waals surface area contributed by atoms with Crippen LogP contribution in [-0.2, 0) is 16.1 Å². The van der Waals surface area contributed by atoms with Gasteiger partial charge in [-0.05, 0) is 17.0 Å². The first-order chi connectivity index (χ1) is 13.2. The highest BCUT2D eigenvalue weighted by Gasteiger charge is 2.23. The van der Waals surface area contributed by atoms with E-state index in [0.29, 0.717) is 19.6 Å². The monoisotopic (exact) mass is 381 g/mol. The molecule has 0 aliphatic carbocycles. The second-order valence-corrected chi connectivity index (χ2v) is 7.35. The molecule has 140 valence electrons. The summed E-state index contributed by atoms with van der Waals surface area (Å²) in [6, 6.07) is 13.8. The van der Waals surface area contributed by atoms with Gasteiger partial charge in [0.15, 0.2) is 0 Å². The summed E-state index contributed by atoms with van der Waals surface area (Å²) in [6.45, 7) is 5.33. The first-order valence-electron chi connectivity index (χ1n) is 9.01. The van der Waals surface area contributed by atoms with Crippen LogP contribution >= 0.6 is 11.3 Å². The van der Waals surface area contributed by atoms with Crippen LogP contribution < -0.4 is 0 Å². The summed E-state index contributed by atoms with van der Waals surface area (Å²) in [5.41, 5.74) is 1.96. The highest BCUT2D eigenvalue weighted by atomic mass is 32.1. The lowest BCUT2D eigenvalue weighted by atomic mass is 10.1. The van der Waals surface area contributed by atoms with Gasteiger partial charge in [-0.25, -0.2) is 5.01 Å². The van der Waals surface area contributed by atoms with Crippen LogP contribution in [0.25, 0.3) is 0 Å². The minimum absolute atomic E-state index is 0.0388. The molecule has 0 bridgehead atoms. The minimum Gasteiger partial charge on any atom is -0.334 e. The molecule has 0 saturated heterocycles. The topological polar surface area (TPSA) is 53.0 Å². The average Bonchev–Trinajstić information content (AvgIpc) is 3.38. The zero-order valence-corrected chi connectivity index (χ0v) is 16.0. The number of rotatable bonds is 8. The summed E-state index contributed by atoms with van der Waals surface area (Å²) >= 11 is 1.62. The van der Waals surface area contributed by atoms with Crippen LogP contribution in [-0.4, -0.2) is 40.5 Å².